The van der Waals surface area contributed by atoms with Crippen molar-refractivity contribution in [1.29, 1.82) is 0 Å². The van der Waals surface area contributed by atoms with Gasteiger partial charge < -0.3 is 9.26 Å². The van der Waals surface area contributed by atoms with Gasteiger partial charge in [-0.2, -0.15) is 4.98 Å². The van der Waals surface area contributed by atoms with Gasteiger partial charge in [0, 0.05) is 36.0 Å². The first-order valence-corrected chi connectivity index (χ1v) is 9.09. The van der Waals surface area contributed by atoms with E-state index in [0.29, 0.717) is 18.3 Å². The van der Waals surface area contributed by atoms with Gasteiger partial charge in [-0.15, -0.1) is 0 Å². The van der Waals surface area contributed by atoms with E-state index in [1.807, 2.05) is 50.5 Å². The summed E-state index contributed by atoms with van der Waals surface area (Å²) in [5.41, 5.74) is 2.00. The van der Waals surface area contributed by atoms with Crippen molar-refractivity contribution in [2.45, 2.75) is 39.8 Å². The second-order valence-electron chi connectivity index (χ2n) is 6.65. The fourth-order valence-electron chi connectivity index (χ4n) is 2.62. The number of aromatic nitrogens is 4. The highest BCUT2D eigenvalue weighted by Gasteiger charge is 2.13. The molecule has 142 valence electrons. The SMILES string of the molecule is CCN(Cc1cnc(-c2ccc(OC)cc2)nc1)Cc1nc(C(C)C)no1. The summed E-state index contributed by atoms with van der Waals surface area (Å²) in [4.78, 5) is 15.7. The minimum atomic E-state index is 0.261. The van der Waals surface area contributed by atoms with Crippen LogP contribution < -0.4 is 4.74 Å². The molecule has 0 radical (unpaired) electrons. The minimum absolute atomic E-state index is 0.261. The number of benzene rings is 1. The van der Waals surface area contributed by atoms with E-state index in [2.05, 4.69) is 31.9 Å². The van der Waals surface area contributed by atoms with Crippen molar-refractivity contribution in [1.82, 2.24) is 25.0 Å². The van der Waals surface area contributed by atoms with Crippen molar-refractivity contribution in [3.05, 3.63) is 53.9 Å². The van der Waals surface area contributed by atoms with Crippen LogP contribution in [-0.2, 0) is 13.1 Å². The van der Waals surface area contributed by atoms with Crippen LogP contribution in [0.2, 0.25) is 0 Å². The van der Waals surface area contributed by atoms with Crippen LogP contribution in [0.5, 0.6) is 5.75 Å². The van der Waals surface area contributed by atoms with Crippen LogP contribution in [0.15, 0.2) is 41.2 Å². The van der Waals surface area contributed by atoms with Gasteiger partial charge in [-0.3, -0.25) is 4.90 Å². The number of hydrogen-bond donors (Lipinski definition) is 0. The molecule has 0 spiro atoms. The summed E-state index contributed by atoms with van der Waals surface area (Å²) in [5.74, 6) is 3.15. The molecule has 0 N–H and O–H groups in total. The molecule has 27 heavy (non-hydrogen) atoms. The maximum absolute atomic E-state index is 5.35. The van der Waals surface area contributed by atoms with Gasteiger partial charge in [0.25, 0.3) is 0 Å². The lowest BCUT2D eigenvalue weighted by Gasteiger charge is -2.17. The standard InChI is InChI=1S/C20H25N5O2/c1-5-25(13-18-23-19(14(2)3)24-27-18)12-15-10-21-20(22-11-15)16-6-8-17(26-4)9-7-16/h6-11,14H,5,12-13H2,1-4H3. The molecule has 0 aliphatic rings. The van der Waals surface area contributed by atoms with Crippen molar-refractivity contribution < 1.29 is 9.26 Å². The molecule has 0 bridgehead atoms. The third kappa shape index (κ3) is 4.89. The third-order valence-electron chi connectivity index (χ3n) is 4.27. The van der Waals surface area contributed by atoms with E-state index < -0.39 is 0 Å². The maximum Gasteiger partial charge on any atom is 0.240 e. The first-order chi connectivity index (χ1) is 13.1. The molecule has 0 unspecified atom stereocenters. The molecule has 0 atom stereocenters. The quantitative estimate of drug-likeness (QED) is 0.601. The summed E-state index contributed by atoms with van der Waals surface area (Å²) in [5, 5.41) is 4.02. The van der Waals surface area contributed by atoms with E-state index in [9.17, 15) is 0 Å². The summed E-state index contributed by atoms with van der Waals surface area (Å²) in [6.07, 6.45) is 3.73. The smallest absolute Gasteiger partial charge is 0.240 e. The summed E-state index contributed by atoms with van der Waals surface area (Å²) < 4.78 is 10.5. The monoisotopic (exact) mass is 367 g/mol. The van der Waals surface area contributed by atoms with Gasteiger partial charge in [0.15, 0.2) is 11.6 Å². The van der Waals surface area contributed by atoms with E-state index >= 15 is 0 Å². The Bertz CT molecular complexity index is 844. The van der Waals surface area contributed by atoms with Crippen molar-refractivity contribution in [2.75, 3.05) is 13.7 Å². The molecule has 0 fully saturated rings. The lowest BCUT2D eigenvalue weighted by Crippen LogP contribution is -2.22. The second kappa shape index (κ2) is 8.73. The fraction of sp³-hybridized carbons (Fsp3) is 0.400. The molecule has 7 heteroatoms. The fourth-order valence-corrected chi connectivity index (χ4v) is 2.62. The Morgan fingerprint density at radius 2 is 1.78 bits per heavy atom. The highest BCUT2D eigenvalue weighted by molar-refractivity contribution is 5.55. The van der Waals surface area contributed by atoms with Crippen LogP contribution in [-0.4, -0.2) is 38.7 Å². The number of hydrogen-bond acceptors (Lipinski definition) is 7. The topological polar surface area (TPSA) is 77.2 Å². The zero-order valence-corrected chi connectivity index (χ0v) is 16.2. The molecule has 3 aromatic rings. The van der Waals surface area contributed by atoms with Crippen LogP contribution in [0.3, 0.4) is 0 Å². The molecule has 0 saturated carbocycles. The second-order valence-corrected chi connectivity index (χ2v) is 6.65. The largest absolute Gasteiger partial charge is 0.497 e. The van der Waals surface area contributed by atoms with Gasteiger partial charge in [0.05, 0.1) is 13.7 Å². The van der Waals surface area contributed by atoms with Gasteiger partial charge in [0.2, 0.25) is 5.89 Å². The van der Waals surface area contributed by atoms with Crippen molar-refractivity contribution in [3.8, 4) is 17.1 Å². The van der Waals surface area contributed by atoms with Crippen molar-refractivity contribution in [3.63, 3.8) is 0 Å². The number of ether oxygens (including phenoxy) is 1. The normalized spacial score (nSPS) is 11.3. The Hall–Kier alpha value is -2.80. The van der Waals surface area contributed by atoms with Crippen molar-refractivity contribution in [2.24, 2.45) is 0 Å². The first kappa shape index (κ1) is 19.0. The Labute approximate surface area is 159 Å². The van der Waals surface area contributed by atoms with E-state index in [0.717, 1.165) is 35.8 Å². The summed E-state index contributed by atoms with van der Waals surface area (Å²) in [6.45, 7) is 8.39. The lowest BCUT2D eigenvalue weighted by molar-refractivity contribution is 0.228. The third-order valence-corrected chi connectivity index (χ3v) is 4.27. The molecule has 3 rings (SSSR count). The van der Waals surface area contributed by atoms with E-state index in [4.69, 9.17) is 9.26 Å². The number of methoxy groups -OCH3 is 1. The molecule has 0 amide bonds. The average molecular weight is 367 g/mol. The van der Waals surface area contributed by atoms with Crippen LogP contribution in [0.1, 0.15) is 44.0 Å². The number of nitrogens with zero attached hydrogens (tertiary/aromatic N) is 5. The molecular weight excluding hydrogens is 342 g/mol. The van der Waals surface area contributed by atoms with Gasteiger partial charge in [0.1, 0.15) is 5.75 Å². The summed E-state index contributed by atoms with van der Waals surface area (Å²) >= 11 is 0. The van der Waals surface area contributed by atoms with Crippen LogP contribution >= 0.6 is 0 Å². The van der Waals surface area contributed by atoms with Crippen LogP contribution in [0, 0.1) is 0 Å². The highest BCUT2D eigenvalue weighted by atomic mass is 16.5. The molecule has 0 saturated heterocycles. The van der Waals surface area contributed by atoms with E-state index in [1.165, 1.54) is 0 Å². The van der Waals surface area contributed by atoms with E-state index in [-0.39, 0.29) is 5.92 Å². The van der Waals surface area contributed by atoms with Crippen LogP contribution in [0.25, 0.3) is 11.4 Å². The zero-order chi connectivity index (χ0) is 19.2. The average Bonchev–Trinajstić information content (AvgIpc) is 3.17. The molecule has 7 nitrogen and oxygen atoms in total. The Balaban J connectivity index is 1.64. The van der Waals surface area contributed by atoms with Crippen molar-refractivity contribution >= 4 is 0 Å². The highest BCUT2D eigenvalue weighted by Crippen LogP contribution is 2.19. The summed E-state index contributed by atoms with van der Waals surface area (Å²) in [7, 11) is 1.65. The van der Waals surface area contributed by atoms with Gasteiger partial charge >= 0.3 is 0 Å². The Morgan fingerprint density at radius 3 is 2.33 bits per heavy atom. The van der Waals surface area contributed by atoms with Gasteiger partial charge in [-0.05, 0) is 30.8 Å². The predicted octanol–water partition coefficient (Wildman–Crippen LogP) is 3.68. The van der Waals surface area contributed by atoms with Gasteiger partial charge in [-0.1, -0.05) is 25.9 Å². The molecule has 0 aliphatic heterocycles. The molecule has 1 aromatic carbocycles. The van der Waals surface area contributed by atoms with Gasteiger partial charge in [-0.25, -0.2) is 9.97 Å². The van der Waals surface area contributed by atoms with E-state index in [1.54, 1.807) is 7.11 Å². The molecule has 2 heterocycles. The molecule has 2 aromatic heterocycles. The van der Waals surface area contributed by atoms with Crippen LogP contribution in [0.4, 0.5) is 0 Å². The Kier molecular flexibility index (Phi) is 6.13. The summed E-state index contributed by atoms with van der Waals surface area (Å²) in [6, 6.07) is 7.71. The minimum Gasteiger partial charge on any atom is -0.497 e. The Morgan fingerprint density at radius 1 is 1.07 bits per heavy atom. The lowest BCUT2D eigenvalue weighted by atomic mass is 10.2. The maximum atomic E-state index is 5.35. The number of rotatable bonds is 8. The predicted molar refractivity (Wildman–Crippen MR) is 102 cm³/mol. The molecule has 0 aliphatic carbocycles. The molecular formula is C20H25N5O2. The zero-order valence-electron chi connectivity index (χ0n) is 16.2. The first-order valence-electron chi connectivity index (χ1n) is 9.09.